The Bertz CT molecular complexity index is 377. The Balaban J connectivity index is 2.32. The van der Waals surface area contributed by atoms with Crippen molar-refractivity contribution in [3.05, 3.63) is 29.3 Å². The molecule has 0 saturated heterocycles. The summed E-state index contributed by atoms with van der Waals surface area (Å²) >= 11 is 5.90. The average Bonchev–Trinajstić information content (AvgIpc) is 2.53. The second kappa shape index (κ2) is 3.14. The fourth-order valence-corrected chi connectivity index (χ4v) is 1.32. The molecule has 2 rings (SSSR count). The van der Waals surface area contributed by atoms with E-state index >= 15 is 0 Å². The number of nitrogens with zero attached hydrogens (tertiary/aromatic N) is 3. The third-order valence-electron chi connectivity index (χ3n) is 1.68. The Morgan fingerprint density at radius 3 is 2.77 bits per heavy atom. The Morgan fingerprint density at radius 1 is 1.38 bits per heavy atom. The highest BCUT2D eigenvalue weighted by Crippen LogP contribution is 2.26. The lowest BCUT2D eigenvalue weighted by Gasteiger charge is -2.11. The van der Waals surface area contributed by atoms with Gasteiger partial charge in [0.1, 0.15) is 6.54 Å². The largest absolute Gasteiger partial charge is 0.287 e. The lowest BCUT2D eigenvalue weighted by molar-refractivity contribution is -0.116. The van der Waals surface area contributed by atoms with Crippen molar-refractivity contribution in [2.45, 2.75) is 0 Å². The number of anilines is 1. The molecule has 4 nitrogen and oxygen atoms in total. The van der Waals surface area contributed by atoms with Crippen molar-refractivity contribution in [2.75, 3.05) is 11.6 Å². The Hall–Kier alpha value is -1.42. The van der Waals surface area contributed by atoms with Crippen LogP contribution in [0.4, 0.5) is 5.69 Å². The van der Waals surface area contributed by atoms with Crippen LogP contribution in [0.3, 0.4) is 0 Å². The molecule has 5 heteroatoms. The Kier molecular flexibility index (Phi) is 1.98. The van der Waals surface area contributed by atoms with Gasteiger partial charge in [-0.3, -0.25) is 4.79 Å². The molecule has 0 saturated carbocycles. The topological polar surface area (TPSA) is 45.0 Å². The molecule has 0 bridgehead atoms. The number of para-hydroxylation sites is 1. The molecule has 66 valence electrons. The van der Waals surface area contributed by atoms with Gasteiger partial charge in [0.15, 0.2) is 0 Å². The van der Waals surface area contributed by atoms with E-state index in [1.807, 2.05) is 12.1 Å². The first kappa shape index (κ1) is 8.19. The van der Waals surface area contributed by atoms with E-state index in [9.17, 15) is 4.79 Å². The minimum atomic E-state index is -0.250. The lowest BCUT2D eigenvalue weighted by atomic mass is 10.3. The number of rotatable bonds is 1. The van der Waals surface area contributed by atoms with Crippen molar-refractivity contribution in [1.29, 1.82) is 0 Å². The lowest BCUT2D eigenvalue weighted by Crippen LogP contribution is -2.16. The minimum Gasteiger partial charge on any atom is -0.269 e. The van der Waals surface area contributed by atoms with Crippen LogP contribution in [0.25, 0.3) is 0 Å². The molecule has 0 unspecified atom stereocenters. The molecule has 13 heavy (non-hydrogen) atoms. The predicted molar refractivity (Wildman–Crippen MR) is 48.7 cm³/mol. The fraction of sp³-hybridized carbons (Fsp3) is 0.125. The molecule has 0 radical (unpaired) electrons. The summed E-state index contributed by atoms with van der Waals surface area (Å²) in [4.78, 5) is 10.8. The van der Waals surface area contributed by atoms with Crippen LogP contribution in [0.1, 0.15) is 0 Å². The van der Waals surface area contributed by atoms with Gasteiger partial charge in [-0.25, -0.2) is 5.01 Å². The van der Waals surface area contributed by atoms with Gasteiger partial charge >= 0.3 is 0 Å². The first-order chi connectivity index (χ1) is 6.27. The van der Waals surface area contributed by atoms with Crippen molar-refractivity contribution in [2.24, 2.45) is 10.3 Å². The van der Waals surface area contributed by atoms with Gasteiger partial charge in [-0.1, -0.05) is 34.1 Å². The van der Waals surface area contributed by atoms with Crippen LogP contribution in [0.2, 0.25) is 5.02 Å². The summed E-state index contributed by atoms with van der Waals surface area (Å²) in [6, 6.07) is 7.19. The molecular formula is C8H6ClN3O. The molecule has 1 amide bonds. The molecule has 1 aliphatic rings. The molecule has 0 aromatic heterocycles. The first-order valence-corrected chi connectivity index (χ1v) is 4.12. The van der Waals surface area contributed by atoms with E-state index < -0.39 is 0 Å². The maximum atomic E-state index is 10.8. The highest BCUT2D eigenvalue weighted by atomic mass is 35.5. The van der Waals surface area contributed by atoms with E-state index in [4.69, 9.17) is 11.6 Å². The van der Waals surface area contributed by atoms with Crippen LogP contribution >= 0.6 is 11.6 Å². The van der Waals surface area contributed by atoms with Crippen molar-refractivity contribution in [3.8, 4) is 0 Å². The van der Waals surface area contributed by atoms with E-state index in [1.54, 1.807) is 12.1 Å². The Labute approximate surface area is 79.8 Å². The van der Waals surface area contributed by atoms with Gasteiger partial charge in [0.25, 0.3) is 5.91 Å². The summed E-state index contributed by atoms with van der Waals surface area (Å²) < 4.78 is 0. The zero-order chi connectivity index (χ0) is 9.26. The summed E-state index contributed by atoms with van der Waals surface area (Å²) in [5, 5.41) is 9.10. The number of hydrogen-bond acceptors (Lipinski definition) is 3. The maximum Gasteiger partial charge on any atom is 0.287 e. The molecule has 0 fully saturated rings. The Morgan fingerprint density at radius 2 is 2.15 bits per heavy atom. The van der Waals surface area contributed by atoms with Crippen LogP contribution in [0, 0.1) is 0 Å². The molecule has 1 aliphatic heterocycles. The third-order valence-corrected chi connectivity index (χ3v) is 2.00. The van der Waals surface area contributed by atoms with E-state index in [1.165, 1.54) is 5.01 Å². The fourth-order valence-electron chi connectivity index (χ4n) is 1.09. The monoisotopic (exact) mass is 195 g/mol. The van der Waals surface area contributed by atoms with Gasteiger partial charge in [-0.15, -0.1) is 0 Å². The van der Waals surface area contributed by atoms with Crippen molar-refractivity contribution in [1.82, 2.24) is 0 Å². The van der Waals surface area contributed by atoms with Crippen molar-refractivity contribution in [3.63, 3.8) is 0 Å². The number of amides is 1. The van der Waals surface area contributed by atoms with Crippen LogP contribution in [0.15, 0.2) is 34.6 Å². The highest BCUT2D eigenvalue weighted by Gasteiger charge is 2.18. The molecular weight excluding hydrogens is 190 g/mol. The third kappa shape index (κ3) is 1.53. The van der Waals surface area contributed by atoms with Gasteiger partial charge in [-0.05, 0) is 12.1 Å². The van der Waals surface area contributed by atoms with E-state index in [-0.39, 0.29) is 12.5 Å². The maximum absolute atomic E-state index is 10.8. The van der Waals surface area contributed by atoms with Crippen LogP contribution in [-0.2, 0) is 4.79 Å². The summed E-state index contributed by atoms with van der Waals surface area (Å²) in [5.41, 5.74) is 0.707. The smallest absolute Gasteiger partial charge is 0.269 e. The molecule has 1 heterocycles. The number of carbonyl (C=O) groups is 1. The van der Waals surface area contributed by atoms with Crippen LogP contribution in [0.5, 0.6) is 0 Å². The van der Waals surface area contributed by atoms with Crippen LogP contribution in [-0.4, -0.2) is 12.5 Å². The molecule has 0 N–H and O–H groups in total. The second-order valence-electron chi connectivity index (χ2n) is 2.59. The minimum absolute atomic E-state index is 0.170. The van der Waals surface area contributed by atoms with Gasteiger partial charge in [-0.2, -0.15) is 0 Å². The van der Waals surface area contributed by atoms with Gasteiger partial charge in [0, 0.05) is 0 Å². The molecule has 1 aromatic rings. The number of benzene rings is 1. The van der Waals surface area contributed by atoms with Crippen molar-refractivity contribution < 1.29 is 4.79 Å². The normalized spacial score (nSPS) is 15.5. The summed E-state index contributed by atoms with van der Waals surface area (Å²) in [6.45, 7) is 0.170. The zero-order valence-electron chi connectivity index (χ0n) is 6.64. The predicted octanol–water partition coefficient (Wildman–Crippen LogP) is 2.05. The zero-order valence-corrected chi connectivity index (χ0v) is 7.40. The molecule has 0 spiro atoms. The number of halogens is 1. The van der Waals surface area contributed by atoms with Gasteiger partial charge in [0.05, 0.1) is 10.7 Å². The van der Waals surface area contributed by atoms with Gasteiger partial charge < -0.3 is 0 Å². The van der Waals surface area contributed by atoms with E-state index in [0.29, 0.717) is 10.7 Å². The van der Waals surface area contributed by atoms with E-state index in [0.717, 1.165) is 0 Å². The second-order valence-corrected chi connectivity index (χ2v) is 3.00. The quantitative estimate of drug-likeness (QED) is 0.689. The number of hydrogen-bond donors (Lipinski definition) is 0. The summed E-state index contributed by atoms with van der Waals surface area (Å²) in [5.74, 6) is -0.250. The standard InChI is InChI=1S/C8H6ClN3O/c9-6-3-1-2-4-7(6)12-5-8(13)10-11-12/h1-4H,5H2. The average molecular weight is 196 g/mol. The molecule has 0 aliphatic carbocycles. The summed E-state index contributed by atoms with van der Waals surface area (Å²) in [6.07, 6.45) is 0. The molecule has 0 atom stereocenters. The summed E-state index contributed by atoms with van der Waals surface area (Å²) in [7, 11) is 0. The van der Waals surface area contributed by atoms with Crippen molar-refractivity contribution >= 4 is 23.2 Å². The highest BCUT2D eigenvalue weighted by molar-refractivity contribution is 6.33. The molecule has 1 aromatic carbocycles. The van der Waals surface area contributed by atoms with E-state index in [2.05, 4.69) is 10.3 Å². The SMILES string of the molecule is O=C1CN(c2ccccc2Cl)N=N1. The number of carbonyl (C=O) groups excluding carboxylic acids is 1. The first-order valence-electron chi connectivity index (χ1n) is 3.74. The van der Waals surface area contributed by atoms with Crippen LogP contribution < -0.4 is 5.01 Å². The van der Waals surface area contributed by atoms with Gasteiger partial charge in [0.2, 0.25) is 0 Å².